The maximum atomic E-state index is 11.8. The molecule has 0 saturated heterocycles. The van der Waals surface area contributed by atoms with Crippen LogP contribution in [0.15, 0.2) is 18.2 Å². The van der Waals surface area contributed by atoms with Crippen molar-refractivity contribution in [3.63, 3.8) is 0 Å². The van der Waals surface area contributed by atoms with Gasteiger partial charge in [-0.3, -0.25) is 9.59 Å². The molecule has 0 atom stereocenters. The molecule has 3 rings (SSSR count). The lowest BCUT2D eigenvalue weighted by molar-refractivity contribution is -0.122. The molecule has 1 aromatic rings. The number of nitrogens with one attached hydrogen (secondary N) is 2. The summed E-state index contributed by atoms with van der Waals surface area (Å²) < 4.78 is 0. The Hall–Kier alpha value is -1.84. The summed E-state index contributed by atoms with van der Waals surface area (Å²) in [6.45, 7) is 0. The molecule has 2 amide bonds. The van der Waals surface area contributed by atoms with Crippen LogP contribution in [0, 0.1) is 5.92 Å². The summed E-state index contributed by atoms with van der Waals surface area (Å²) in [5, 5.41) is 5.79. The van der Waals surface area contributed by atoms with Crippen molar-refractivity contribution in [2.24, 2.45) is 5.92 Å². The van der Waals surface area contributed by atoms with Crippen LogP contribution in [0.4, 0.5) is 11.4 Å². The van der Waals surface area contributed by atoms with Gasteiger partial charge in [-0.1, -0.05) is 6.42 Å². The predicted molar refractivity (Wildman–Crippen MR) is 69.4 cm³/mol. The second kappa shape index (κ2) is 4.44. The molecule has 0 unspecified atom stereocenters. The SMILES string of the molecule is O=C1CCc2cc(NC(=O)C3CCC3)ccc2N1. The zero-order valence-corrected chi connectivity index (χ0v) is 10.2. The third kappa shape index (κ3) is 2.10. The third-order valence-electron chi connectivity index (χ3n) is 3.74. The van der Waals surface area contributed by atoms with E-state index in [4.69, 9.17) is 0 Å². The van der Waals surface area contributed by atoms with Gasteiger partial charge >= 0.3 is 0 Å². The minimum Gasteiger partial charge on any atom is -0.326 e. The van der Waals surface area contributed by atoms with Crippen LogP contribution in [0.3, 0.4) is 0 Å². The molecule has 1 fully saturated rings. The molecule has 18 heavy (non-hydrogen) atoms. The van der Waals surface area contributed by atoms with Gasteiger partial charge in [0, 0.05) is 23.7 Å². The number of carbonyl (C=O) groups is 2. The Balaban J connectivity index is 1.73. The highest BCUT2D eigenvalue weighted by atomic mass is 16.2. The van der Waals surface area contributed by atoms with Crippen molar-refractivity contribution >= 4 is 23.2 Å². The topological polar surface area (TPSA) is 58.2 Å². The van der Waals surface area contributed by atoms with E-state index in [-0.39, 0.29) is 17.7 Å². The maximum Gasteiger partial charge on any atom is 0.227 e. The normalized spacial score (nSPS) is 18.6. The standard InChI is InChI=1S/C14H16N2O2/c17-13-7-4-10-8-11(5-6-12(10)16-13)15-14(18)9-2-1-3-9/h5-6,8-9H,1-4,7H2,(H,15,18)(H,16,17). The van der Waals surface area contributed by atoms with Crippen LogP contribution in [0.5, 0.6) is 0 Å². The van der Waals surface area contributed by atoms with Gasteiger partial charge in [-0.15, -0.1) is 0 Å². The number of aryl methyl sites for hydroxylation is 1. The van der Waals surface area contributed by atoms with Crippen molar-refractivity contribution in [3.05, 3.63) is 23.8 Å². The van der Waals surface area contributed by atoms with E-state index < -0.39 is 0 Å². The van der Waals surface area contributed by atoms with Gasteiger partial charge in [-0.25, -0.2) is 0 Å². The first-order valence-electron chi connectivity index (χ1n) is 6.46. The highest BCUT2D eigenvalue weighted by Gasteiger charge is 2.25. The fourth-order valence-corrected chi connectivity index (χ4v) is 2.38. The van der Waals surface area contributed by atoms with E-state index in [1.807, 2.05) is 18.2 Å². The first-order valence-corrected chi connectivity index (χ1v) is 6.46. The number of hydrogen-bond acceptors (Lipinski definition) is 2. The zero-order chi connectivity index (χ0) is 12.5. The Bertz CT molecular complexity index is 507. The Kier molecular flexibility index (Phi) is 2.78. The maximum absolute atomic E-state index is 11.8. The smallest absolute Gasteiger partial charge is 0.227 e. The fourth-order valence-electron chi connectivity index (χ4n) is 2.38. The number of benzene rings is 1. The molecular weight excluding hydrogens is 228 g/mol. The molecule has 0 aromatic heterocycles. The number of carbonyl (C=O) groups excluding carboxylic acids is 2. The summed E-state index contributed by atoms with van der Waals surface area (Å²) >= 11 is 0. The minimum atomic E-state index is 0.0637. The summed E-state index contributed by atoms with van der Waals surface area (Å²) in [5.74, 6) is 0.385. The van der Waals surface area contributed by atoms with Crippen LogP contribution >= 0.6 is 0 Å². The van der Waals surface area contributed by atoms with Gasteiger partial charge in [0.15, 0.2) is 0 Å². The Morgan fingerprint density at radius 3 is 2.83 bits per heavy atom. The van der Waals surface area contributed by atoms with Crippen LogP contribution in [-0.2, 0) is 16.0 Å². The predicted octanol–water partition coefficient (Wildman–Crippen LogP) is 2.31. The van der Waals surface area contributed by atoms with Gasteiger partial charge < -0.3 is 10.6 Å². The molecule has 2 N–H and O–H groups in total. The van der Waals surface area contributed by atoms with Gasteiger partial charge in [-0.05, 0) is 43.0 Å². The molecule has 1 saturated carbocycles. The van der Waals surface area contributed by atoms with Crippen molar-refractivity contribution in [1.82, 2.24) is 0 Å². The monoisotopic (exact) mass is 244 g/mol. The van der Waals surface area contributed by atoms with Crippen LogP contribution < -0.4 is 10.6 Å². The molecule has 94 valence electrons. The lowest BCUT2D eigenvalue weighted by Crippen LogP contribution is -2.28. The second-order valence-corrected chi connectivity index (χ2v) is 5.04. The number of amides is 2. The molecule has 4 nitrogen and oxygen atoms in total. The van der Waals surface area contributed by atoms with Crippen molar-refractivity contribution in [2.45, 2.75) is 32.1 Å². The van der Waals surface area contributed by atoms with E-state index in [0.717, 1.165) is 42.6 Å². The van der Waals surface area contributed by atoms with Gasteiger partial charge in [0.1, 0.15) is 0 Å². The number of anilines is 2. The van der Waals surface area contributed by atoms with E-state index in [9.17, 15) is 9.59 Å². The minimum absolute atomic E-state index is 0.0637. The van der Waals surface area contributed by atoms with Gasteiger partial charge in [0.05, 0.1) is 0 Å². The number of hydrogen-bond donors (Lipinski definition) is 2. The van der Waals surface area contributed by atoms with Crippen LogP contribution in [0.25, 0.3) is 0 Å². The molecule has 1 aliphatic carbocycles. The van der Waals surface area contributed by atoms with Crippen molar-refractivity contribution in [2.75, 3.05) is 10.6 Å². The summed E-state index contributed by atoms with van der Waals surface area (Å²) in [4.78, 5) is 23.1. The molecule has 1 heterocycles. The van der Waals surface area contributed by atoms with Gasteiger partial charge in [-0.2, -0.15) is 0 Å². The average molecular weight is 244 g/mol. The molecule has 0 bridgehead atoms. The fraction of sp³-hybridized carbons (Fsp3) is 0.429. The Labute approximate surface area is 106 Å². The van der Waals surface area contributed by atoms with Crippen molar-refractivity contribution < 1.29 is 9.59 Å². The molecule has 2 aliphatic rings. The van der Waals surface area contributed by atoms with E-state index >= 15 is 0 Å². The lowest BCUT2D eigenvalue weighted by atomic mass is 9.85. The van der Waals surface area contributed by atoms with E-state index in [1.165, 1.54) is 0 Å². The Morgan fingerprint density at radius 1 is 1.28 bits per heavy atom. The summed E-state index contributed by atoms with van der Waals surface area (Å²) in [7, 11) is 0. The van der Waals surface area contributed by atoms with E-state index in [1.54, 1.807) is 0 Å². The van der Waals surface area contributed by atoms with Crippen LogP contribution in [0.2, 0.25) is 0 Å². The quantitative estimate of drug-likeness (QED) is 0.838. The second-order valence-electron chi connectivity index (χ2n) is 5.04. The first-order chi connectivity index (χ1) is 8.72. The third-order valence-corrected chi connectivity index (χ3v) is 3.74. The molecular formula is C14H16N2O2. The Morgan fingerprint density at radius 2 is 2.11 bits per heavy atom. The molecule has 1 aromatic carbocycles. The molecule has 4 heteroatoms. The average Bonchev–Trinajstić information content (AvgIpc) is 2.27. The summed E-state index contributed by atoms with van der Waals surface area (Å²) in [6, 6.07) is 5.68. The van der Waals surface area contributed by atoms with Crippen LogP contribution in [-0.4, -0.2) is 11.8 Å². The van der Waals surface area contributed by atoms with E-state index in [2.05, 4.69) is 10.6 Å². The zero-order valence-electron chi connectivity index (χ0n) is 10.2. The summed E-state index contributed by atoms with van der Waals surface area (Å²) in [5.41, 5.74) is 2.80. The highest BCUT2D eigenvalue weighted by molar-refractivity contribution is 5.96. The summed E-state index contributed by atoms with van der Waals surface area (Å²) in [6.07, 6.45) is 4.44. The lowest BCUT2D eigenvalue weighted by Gasteiger charge is -2.24. The number of rotatable bonds is 2. The largest absolute Gasteiger partial charge is 0.326 e. The highest BCUT2D eigenvalue weighted by Crippen LogP contribution is 2.29. The van der Waals surface area contributed by atoms with Gasteiger partial charge in [0.2, 0.25) is 11.8 Å². The molecule has 0 spiro atoms. The first kappa shape index (κ1) is 11.3. The van der Waals surface area contributed by atoms with Crippen molar-refractivity contribution in [3.8, 4) is 0 Å². The van der Waals surface area contributed by atoms with E-state index in [0.29, 0.717) is 6.42 Å². The van der Waals surface area contributed by atoms with Crippen molar-refractivity contribution in [1.29, 1.82) is 0 Å². The van der Waals surface area contributed by atoms with Crippen LogP contribution in [0.1, 0.15) is 31.2 Å². The van der Waals surface area contributed by atoms with Gasteiger partial charge in [0.25, 0.3) is 0 Å². The number of fused-ring (bicyclic) bond motifs is 1. The molecule has 1 aliphatic heterocycles. The molecule has 0 radical (unpaired) electrons.